The normalized spacial score (nSPS) is 14.3. The van der Waals surface area contributed by atoms with Crippen LogP contribution in [0.1, 0.15) is 51.9 Å². The van der Waals surface area contributed by atoms with Crippen LogP contribution in [0.2, 0.25) is 0 Å². The summed E-state index contributed by atoms with van der Waals surface area (Å²) in [5.74, 6) is 0. The minimum atomic E-state index is -3.80. The Balaban J connectivity index is 3.37. The van der Waals surface area contributed by atoms with Gasteiger partial charge in [-0.15, -0.1) is 0 Å². The SMILES string of the molecule is [Li][CH](CCCCCCCC)S(=O)(=O)O. The van der Waals surface area contributed by atoms with Crippen molar-refractivity contribution in [1.82, 2.24) is 0 Å². The van der Waals surface area contributed by atoms with E-state index in [0.717, 1.165) is 12.8 Å². The average molecular weight is 214 g/mol. The summed E-state index contributed by atoms with van der Waals surface area (Å²) in [6.45, 7) is 2.17. The molecule has 0 fully saturated rings. The van der Waals surface area contributed by atoms with Crippen molar-refractivity contribution in [2.24, 2.45) is 0 Å². The van der Waals surface area contributed by atoms with E-state index in [2.05, 4.69) is 6.92 Å². The van der Waals surface area contributed by atoms with Crippen molar-refractivity contribution in [3.63, 3.8) is 0 Å². The van der Waals surface area contributed by atoms with Crippen LogP contribution in [-0.4, -0.2) is 34.6 Å². The van der Waals surface area contributed by atoms with Crippen LogP contribution in [-0.2, 0) is 10.1 Å². The molecule has 0 aliphatic heterocycles. The van der Waals surface area contributed by atoms with Crippen LogP contribution in [0.15, 0.2) is 0 Å². The van der Waals surface area contributed by atoms with Crippen molar-refractivity contribution in [2.75, 3.05) is 0 Å². The fourth-order valence-electron chi connectivity index (χ4n) is 1.36. The van der Waals surface area contributed by atoms with E-state index in [0.29, 0.717) is 6.42 Å². The number of hydrogen-bond donors (Lipinski definition) is 1. The van der Waals surface area contributed by atoms with Gasteiger partial charge in [-0.3, -0.25) is 0 Å². The molecule has 80 valence electrons. The Morgan fingerprint density at radius 1 is 1.14 bits per heavy atom. The van der Waals surface area contributed by atoms with Crippen molar-refractivity contribution >= 4 is 27.8 Å². The molecule has 1 atom stereocenters. The fraction of sp³-hybridized carbons (Fsp3) is 1.00. The van der Waals surface area contributed by atoms with Gasteiger partial charge in [-0.05, 0) is 0 Å². The zero-order valence-corrected chi connectivity index (χ0v) is 10.0. The third-order valence-corrected chi connectivity index (χ3v) is 3.73. The Morgan fingerprint density at radius 3 is 2.14 bits per heavy atom. The molecule has 0 aromatic carbocycles. The van der Waals surface area contributed by atoms with Crippen LogP contribution in [0, 0.1) is 0 Å². The summed E-state index contributed by atoms with van der Waals surface area (Å²) >= 11 is 1.56. The monoisotopic (exact) mass is 214 g/mol. The molecular weight excluding hydrogens is 195 g/mol. The summed E-state index contributed by atoms with van der Waals surface area (Å²) in [5, 5.41) is 0. The molecule has 1 unspecified atom stereocenters. The van der Waals surface area contributed by atoms with Gasteiger partial charge < -0.3 is 0 Å². The summed E-state index contributed by atoms with van der Waals surface area (Å²) in [4.78, 5) is 0. The first-order valence-corrected chi connectivity index (χ1v) is 6.95. The number of hydrogen-bond acceptors (Lipinski definition) is 2. The summed E-state index contributed by atoms with van der Waals surface area (Å²) in [5.41, 5.74) is 0. The Hall–Kier alpha value is 0.507. The molecule has 0 rings (SSSR count). The third-order valence-electron chi connectivity index (χ3n) is 2.47. The second-order valence-electron chi connectivity index (χ2n) is 3.88. The van der Waals surface area contributed by atoms with E-state index in [1.807, 2.05) is 0 Å². The fourth-order valence-corrected chi connectivity index (χ4v) is 1.83. The standard InChI is InChI=1S/C9H19O3S.Li/c1-2-3-4-5-6-7-8-9-13(10,11)12;/h9H,2-8H2,1H3,(H,10,11,12);. The second kappa shape index (κ2) is 7.75. The Morgan fingerprint density at radius 2 is 1.64 bits per heavy atom. The Labute approximate surface area is 96.6 Å². The molecule has 0 spiro atoms. The van der Waals surface area contributed by atoms with Crippen LogP contribution in [0.4, 0.5) is 0 Å². The maximum atomic E-state index is 10.7. The maximum absolute atomic E-state index is 10.7. The van der Waals surface area contributed by atoms with Crippen LogP contribution >= 0.6 is 0 Å². The topological polar surface area (TPSA) is 54.4 Å². The van der Waals surface area contributed by atoms with Gasteiger partial charge in [0.25, 0.3) is 0 Å². The minimum absolute atomic E-state index is 0.574. The first kappa shape index (κ1) is 14.5. The third kappa shape index (κ3) is 7.87. The van der Waals surface area contributed by atoms with Crippen molar-refractivity contribution in [3.8, 4) is 0 Å². The van der Waals surface area contributed by atoms with E-state index in [1.54, 1.807) is 17.7 Å². The summed E-state index contributed by atoms with van der Waals surface area (Å²) < 4.78 is 29.4. The van der Waals surface area contributed by atoms with E-state index in [1.165, 1.54) is 25.7 Å². The van der Waals surface area contributed by atoms with Crippen LogP contribution in [0.3, 0.4) is 0 Å². The quantitative estimate of drug-likeness (QED) is 0.382. The van der Waals surface area contributed by atoms with Crippen molar-refractivity contribution in [1.29, 1.82) is 0 Å². The van der Waals surface area contributed by atoms with Crippen molar-refractivity contribution < 1.29 is 13.0 Å². The molecule has 1 N–H and O–H groups in total. The van der Waals surface area contributed by atoms with E-state index in [-0.39, 0.29) is 0 Å². The van der Waals surface area contributed by atoms with Gasteiger partial charge in [-0.2, -0.15) is 0 Å². The van der Waals surface area contributed by atoms with E-state index in [4.69, 9.17) is 4.55 Å². The predicted molar refractivity (Wildman–Crippen MR) is 59.1 cm³/mol. The zero-order valence-electron chi connectivity index (χ0n) is 9.20. The molecule has 0 aliphatic carbocycles. The number of unbranched alkanes of at least 4 members (excludes halogenated alkanes) is 5. The van der Waals surface area contributed by atoms with E-state index in [9.17, 15) is 8.42 Å². The van der Waals surface area contributed by atoms with Gasteiger partial charge >= 0.3 is 96.6 Å². The van der Waals surface area contributed by atoms with Gasteiger partial charge in [0.15, 0.2) is 0 Å². The first-order valence-electron chi connectivity index (χ1n) is 5.44. The number of rotatable bonds is 8. The van der Waals surface area contributed by atoms with Gasteiger partial charge in [-0.25, -0.2) is 0 Å². The molecule has 5 heteroatoms. The molecule has 0 heterocycles. The molecule has 14 heavy (non-hydrogen) atoms. The van der Waals surface area contributed by atoms with Crippen LogP contribution in [0.25, 0.3) is 0 Å². The van der Waals surface area contributed by atoms with E-state index < -0.39 is 14.0 Å². The van der Waals surface area contributed by atoms with Gasteiger partial charge in [-0.1, -0.05) is 0 Å². The molecule has 3 nitrogen and oxygen atoms in total. The van der Waals surface area contributed by atoms with Gasteiger partial charge in [0.05, 0.1) is 0 Å². The van der Waals surface area contributed by atoms with Crippen molar-refractivity contribution in [3.05, 3.63) is 0 Å². The van der Waals surface area contributed by atoms with Gasteiger partial charge in [0, 0.05) is 0 Å². The summed E-state index contributed by atoms with van der Waals surface area (Å²) in [7, 11) is -3.80. The molecule has 0 bridgehead atoms. The Bertz CT molecular complexity index is 226. The van der Waals surface area contributed by atoms with Crippen LogP contribution < -0.4 is 0 Å². The Kier molecular flexibility index (Phi) is 8.04. The summed E-state index contributed by atoms with van der Waals surface area (Å²) in [6, 6.07) is 0. The molecule has 0 amide bonds. The molecule has 0 radical (unpaired) electrons. The molecule has 0 aromatic heterocycles. The molecule has 0 saturated heterocycles. The van der Waals surface area contributed by atoms with Crippen LogP contribution in [0.5, 0.6) is 0 Å². The molecule has 0 saturated carbocycles. The zero-order chi connectivity index (χ0) is 11.0. The second-order valence-corrected chi connectivity index (χ2v) is 5.72. The predicted octanol–water partition coefficient (Wildman–Crippen LogP) is 2.12. The van der Waals surface area contributed by atoms with Gasteiger partial charge in [0.1, 0.15) is 0 Å². The molecule has 0 aromatic rings. The average Bonchev–Trinajstić information content (AvgIpc) is 2.09. The van der Waals surface area contributed by atoms with Gasteiger partial charge in [0.2, 0.25) is 0 Å². The van der Waals surface area contributed by atoms with E-state index >= 15 is 0 Å². The summed E-state index contributed by atoms with van der Waals surface area (Å²) in [6.07, 6.45) is 7.42. The first-order chi connectivity index (χ1) is 6.48. The van der Waals surface area contributed by atoms with Crippen molar-refractivity contribution in [2.45, 2.75) is 55.8 Å². The molecule has 0 aliphatic rings. The molecular formula is C9H19LiO3S.